The standard InChI is InChI=1S/C9H6N6O4S/c10-9(4-20)11-8(12-13-9)5-1-6(14(16)17)3-7(2-5)15(18)19/h1-4H,10H2. The number of azo groups is 1. The summed E-state index contributed by atoms with van der Waals surface area (Å²) in [4.78, 5) is 23.9. The fourth-order valence-corrected chi connectivity index (χ4v) is 1.55. The van der Waals surface area contributed by atoms with Crippen molar-refractivity contribution >= 4 is 34.8 Å². The highest BCUT2D eigenvalue weighted by Gasteiger charge is 2.28. The number of nitrogens with zero attached hydrogens (tertiary/aromatic N) is 5. The summed E-state index contributed by atoms with van der Waals surface area (Å²) in [5.74, 6) is -1.58. The molecule has 0 aliphatic carbocycles. The Kier molecular flexibility index (Phi) is 3.29. The summed E-state index contributed by atoms with van der Waals surface area (Å²) in [6, 6.07) is 3.03. The maximum Gasteiger partial charge on any atom is 0.277 e. The van der Waals surface area contributed by atoms with Gasteiger partial charge in [-0.05, 0) is 0 Å². The van der Waals surface area contributed by atoms with Crippen molar-refractivity contribution in [2.24, 2.45) is 21.0 Å². The fraction of sp³-hybridized carbons (Fsp3) is 0.111. The molecule has 2 rings (SSSR count). The molecule has 1 unspecified atom stereocenters. The van der Waals surface area contributed by atoms with Gasteiger partial charge in [0.25, 0.3) is 17.2 Å². The third-order valence-electron chi connectivity index (χ3n) is 2.35. The van der Waals surface area contributed by atoms with Crippen LogP contribution in [0.2, 0.25) is 0 Å². The molecule has 10 nitrogen and oxygen atoms in total. The van der Waals surface area contributed by atoms with E-state index in [0.717, 1.165) is 23.6 Å². The zero-order valence-electron chi connectivity index (χ0n) is 9.66. The highest BCUT2D eigenvalue weighted by molar-refractivity contribution is 7.79. The number of thiocarbonyl (C=S) groups is 1. The predicted molar refractivity (Wildman–Crippen MR) is 71.7 cm³/mol. The van der Waals surface area contributed by atoms with E-state index in [-0.39, 0.29) is 11.4 Å². The van der Waals surface area contributed by atoms with Crippen LogP contribution in [0.1, 0.15) is 5.56 Å². The van der Waals surface area contributed by atoms with Crippen LogP contribution in [0.4, 0.5) is 11.4 Å². The third kappa shape index (κ3) is 2.53. The Bertz CT molecular complexity index is 655. The van der Waals surface area contributed by atoms with Gasteiger partial charge in [-0.25, -0.2) is 4.99 Å². The highest BCUT2D eigenvalue weighted by atomic mass is 32.1. The minimum atomic E-state index is -1.52. The van der Waals surface area contributed by atoms with Gasteiger partial charge in [-0.2, -0.15) is 0 Å². The van der Waals surface area contributed by atoms with Gasteiger partial charge >= 0.3 is 0 Å². The molecule has 1 aromatic carbocycles. The molecule has 1 heterocycles. The van der Waals surface area contributed by atoms with Crippen molar-refractivity contribution in [3.63, 3.8) is 0 Å². The Balaban J connectivity index is 2.56. The quantitative estimate of drug-likeness (QED) is 0.502. The summed E-state index contributed by atoms with van der Waals surface area (Å²) in [7, 11) is 0. The first-order valence-electron chi connectivity index (χ1n) is 5.07. The van der Waals surface area contributed by atoms with E-state index >= 15 is 0 Å². The summed E-state index contributed by atoms with van der Waals surface area (Å²) in [6.45, 7) is 0. The Hall–Kier alpha value is -2.66. The molecular weight excluding hydrogens is 288 g/mol. The van der Waals surface area contributed by atoms with Crippen LogP contribution in [0.5, 0.6) is 0 Å². The number of nitrogens with two attached hydrogens (primary N) is 1. The molecule has 1 atom stereocenters. The molecule has 1 aromatic rings. The number of rotatable bonds is 4. The van der Waals surface area contributed by atoms with Crippen molar-refractivity contribution in [1.82, 2.24) is 0 Å². The fourth-order valence-electron chi connectivity index (χ4n) is 1.45. The third-order valence-corrected chi connectivity index (χ3v) is 2.69. The van der Waals surface area contributed by atoms with Crippen LogP contribution >= 0.6 is 12.2 Å². The predicted octanol–water partition coefficient (Wildman–Crippen LogP) is 1.33. The maximum atomic E-state index is 10.8. The van der Waals surface area contributed by atoms with Gasteiger partial charge in [0, 0.05) is 23.1 Å². The van der Waals surface area contributed by atoms with Gasteiger partial charge in [0.1, 0.15) is 0 Å². The van der Waals surface area contributed by atoms with Gasteiger partial charge < -0.3 is 0 Å². The second-order valence-corrected chi connectivity index (χ2v) is 4.02. The summed E-state index contributed by atoms with van der Waals surface area (Å²) in [5.41, 5.74) is 4.77. The number of hydrogen-bond acceptors (Lipinski definition) is 9. The van der Waals surface area contributed by atoms with Crippen LogP contribution in [-0.2, 0) is 0 Å². The van der Waals surface area contributed by atoms with Crippen molar-refractivity contribution in [3.8, 4) is 0 Å². The van der Waals surface area contributed by atoms with Gasteiger partial charge in [-0.3, -0.25) is 26.0 Å². The zero-order chi connectivity index (χ0) is 14.9. The van der Waals surface area contributed by atoms with Crippen LogP contribution in [0.3, 0.4) is 0 Å². The van der Waals surface area contributed by atoms with E-state index < -0.39 is 27.0 Å². The van der Waals surface area contributed by atoms with Gasteiger partial charge in [0.15, 0.2) is 5.84 Å². The van der Waals surface area contributed by atoms with E-state index in [1.807, 2.05) is 0 Å². The van der Waals surface area contributed by atoms with Crippen LogP contribution in [0.15, 0.2) is 33.4 Å². The van der Waals surface area contributed by atoms with Gasteiger partial charge in [0.05, 0.1) is 15.9 Å². The summed E-state index contributed by atoms with van der Waals surface area (Å²) >= 11 is 4.64. The van der Waals surface area contributed by atoms with Crippen molar-refractivity contribution in [3.05, 3.63) is 44.0 Å². The molecule has 2 N–H and O–H groups in total. The average molecular weight is 294 g/mol. The minimum absolute atomic E-state index is 0.0552. The van der Waals surface area contributed by atoms with Crippen molar-refractivity contribution in [2.45, 2.75) is 5.79 Å². The molecule has 0 fully saturated rings. The molecule has 0 spiro atoms. The number of benzene rings is 1. The molecule has 11 heteroatoms. The molecule has 0 saturated carbocycles. The Morgan fingerprint density at radius 3 is 2.15 bits per heavy atom. The smallest absolute Gasteiger partial charge is 0.277 e. The lowest BCUT2D eigenvalue weighted by Crippen LogP contribution is -2.34. The number of nitro benzene ring substituents is 2. The largest absolute Gasteiger partial charge is 0.283 e. The number of hydrogen-bond donors (Lipinski definition) is 1. The Labute approximate surface area is 116 Å². The van der Waals surface area contributed by atoms with Crippen molar-refractivity contribution in [1.29, 1.82) is 0 Å². The Morgan fingerprint density at radius 1 is 1.20 bits per heavy atom. The van der Waals surface area contributed by atoms with E-state index in [2.05, 4.69) is 27.4 Å². The molecule has 1 aliphatic heterocycles. The molecular formula is C9H6N6O4S. The van der Waals surface area contributed by atoms with Crippen LogP contribution in [0, 0.1) is 20.2 Å². The molecule has 0 aromatic heterocycles. The second-order valence-electron chi connectivity index (χ2n) is 3.79. The topological polar surface area (TPSA) is 149 Å². The zero-order valence-corrected chi connectivity index (χ0v) is 10.5. The van der Waals surface area contributed by atoms with E-state index in [1.165, 1.54) is 0 Å². The van der Waals surface area contributed by atoms with Crippen molar-refractivity contribution in [2.75, 3.05) is 0 Å². The van der Waals surface area contributed by atoms with E-state index in [4.69, 9.17) is 5.73 Å². The molecule has 0 radical (unpaired) electrons. The molecule has 102 valence electrons. The number of nitro groups is 2. The maximum absolute atomic E-state index is 10.8. The first-order valence-corrected chi connectivity index (χ1v) is 5.54. The van der Waals surface area contributed by atoms with Gasteiger partial charge in [-0.15, -0.1) is 10.2 Å². The number of aliphatic imine (C=N–C) groups is 1. The van der Waals surface area contributed by atoms with E-state index in [0.29, 0.717) is 0 Å². The van der Waals surface area contributed by atoms with Gasteiger partial charge in [-0.1, -0.05) is 12.2 Å². The SMILES string of the molecule is NC1(C=S)N=NC(c2cc([N+](=O)[O-])cc([N+](=O)[O-])c2)=N1. The van der Waals surface area contributed by atoms with Crippen LogP contribution in [-0.4, -0.2) is 26.8 Å². The second kappa shape index (κ2) is 4.79. The Morgan fingerprint density at radius 2 is 1.75 bits per heavy atom. The van der Waals surface area contributed by atoms with Crippen LogP contribution < -0.4 is 5.73 Å². The first-order chi connectivity index (χ1) is 9.34. The molecule has 0 amide bonds. The number of non-ortho nitro benzene ring substituents is 2. The van der Waals surface area contributed by atoms with Crippen molar-refractivity contribution < 1.29 is 9.85 Å². The van der Waals surface area contributed by atoms with Crippen LogP contribution in [0.25, 0.3) is 0 Å². The lowest BCUT2D eigenvalue weighted by atomic mass is 10.1. The van der Waals surface area contributed by atoms with Gasteiger partial charge in [0.2, 0.25) is 0 Å². The summed E-state index contributed by atoms with van der Waals surface area (Å²) in [5, 5.41) is 29.8. The lowest BCUT2D eigenvalue weighted by molar-refractivity contribution is -0.394. The number of amidine groups is 1. The lowest BCUT2D eigenvalue weighted by Gasteiger charge is -2.05. The first kappa shape index (κ1) is 13.8. The molecule has 0 bridgehead atoms. The molecule has 20 heavy (non-hydrogen) atoms. The minimum Gasteiger partial charge on any atom is -0.283 e. The normalized spacial score (nSPS) is 20.6. The summed E-state index contributed by atoms with van der Waals surface area (Å²) in [6.07, 6.45) is 0. The monoisotopic (exact) mass is 294 g/mol. The highest BCUT2D eigenvalue weighted by Crippen LogP contribution is 2.25. The van der Waals surface area contributed by atoms with E-state index in [9.17, 15) is 20.2 Å². The molecule has 0 saturated heterocycles. The molecule has 1 aliphatic rings. The average Bonchev–Trinajstić information content (AvgIpc) is 2.81. The summed E-state index contributed by atoms with van der Waals surface area (Å²) < 4.78 is 0. The van der Waals surface area contributed by atoms with E-state index in [1.54, 1.807) is 0 Å².